The number of azide groups is 1. The van der Waals surface area contributed by atoms with E-state index in [0.717, 1.165) is 0 Å². The molecule has 0 unspecified atom stereocenters. The maximum atomic E-state index is 11.4. The largest absolute Gasteiger partial charge is 0.461 e. The Morgan fingerprint density at radius 3 is 3.17 bits per heavy atom. The second kappa shape index (κ2) is 7.71. The van der Waals surface area contributed by atoms with Crippen molar-refractivity contribution in [3.05, 3.63) is 40.0 Å². The molecule has 18 heavy (non-hydrogen) atoms. The van der Waals surface area contributed by atoms with E-state index in [1.165, 1.54) is 0 Å². The number of esters is 1. The number of carbonyl (C=O) groups is 1. The van der Waals surface area contributed by atoms with Gasteiger partial charge in [-0.25, -0.2) is 9.78 Å². The van der Waals surface area contributed by atoms with E-state index in [2.05, 4.69) is 26.9 Å². The highest BCUT2D eigenvalue weighted by Crippen LogP contribution is 2.00. The molecule has 1 aromatic rings. The van der Waals surface area contributed by atoms with Crippen LogP contribution < -0.4 is 0 Å². The molecule has 0 radical (unpaired) electrons. The zero-order valence-corrected chi connectivity index (χ0v) is 9.96. The first-order valence-corrected chi connectivity index (χ1v) is 5.42. The lowest BCUT2D eigenvalue weighted by Crippen LogP contribution is -2.07. The summed E-state index contributed by atoms with van der Waals surface area (Å²) >= 11 is 0. The van der Waals surface area contributed by atoms with E-state index in [-0.39, 0.29) is 5.69 Å². The van der Waals surface area contributed by atoms with Crippen LogP contribution in [0.4, 0.5) is 0 Å². The molecule has 0 bridgehead atoms. The molecule has 0 spiro atoms. The molecule has 0 aliphatic heterocycles. The Hall–Kier alpha value is -2.51. The van der Waals surface area contributed by atoms with Crippen molar-refractivity contribution in [1.82, 2.24) is 4.98 Å². The van der Waals surface area contributed by atoms with Crippen LogP contribution in [-0.4, -0.2) is 24.1 Å². The van der Waals surface area contributed by atoms with Crippen molar-refractivity contribution in [3.8, 4) is 11.8 Å². The van der Waals surface area contributed by atoms with Gasteiger partial charge in [-0.05, 0) is 30.5 Å². The topological polar surface area (TPSA) is 88.0 Å². The molecule has 1 rings (SSSR count). The second-order valence-electron chi connectivity index (χ2n) is 3.13. The fraction of sp³-hybridized carbons (Fsp3) is 0.333. The number of aromatic nitrogens is 1. The van der Waals surface area contributed by atoms with E-state index < -0.39 is 5.97 Å². The van der Waals surface area contributed by atoms with Crippen molar-refractivity contribution in [2.24, 2.45) is 5.11 Å². The van der Waals surface area contributed by atoms with E-state index in [4.69, 9.17) is 10.3 Å². The Morgan fingerprint density at radius 1 is 1.61 bits per heavy atom. The van der Waals surface area contributed by atoms with Gasteiger partial charge in [-0.15, -0.1) is 0 Å². The molecule has 0 N–H and O–H groups in total. The summed E-state index contributed by atoms with van der Waals surface area (Å²) < 4.78 is 4.84. The lowest BCUT2D eigenvalue weighted by molar-refractivity contribution is 0.0519. The number of rotatable bonds is 4. The summed E-state index contributed by atoms with van der Waals surface area (Å²) in [6.07, 6.45) is 0.454. The smallest absolute Gasteiger partial charge is 0.356 e. The number of hydrogen-bond acceptors (Lipinski definition) is 4. The van der Waals surface area contributed by atoms with Crippen molar-refractivity contribution >= 4 is 5.97 Å². The van der Waals surface area contributed by atoms with Gasteiger partial charge in [0.15, 0.2) is 0 Å². The second-order valence-corrected chi connectivity index (χ2v) is 3.13. The average Bonchev–Trinajstić information content (AvgIpc) is 2.39. The molecule has 0 saturated heterocycles. The molecule has 0 saturated carbocycles. The van der Waals surface area contributed by atoms with Crippen LogP contribution in [0.2, 0.25) is 0 Å². The van der Waals surface area contributed by atoms with Crippen molar-refractivity contribution in [3.63, 3.8) is 0 Å². The van der Waals surface area contributed by atoms with Crippen molar-refractivity contribution in [1.29, 1.82) is 0 Å². The zero-order valence-electron chi connectivity index (χ0n) is 9.96. The summed E-state index contributed by atoms with van der Waals surface area (Å²) in [6.45, 7) is 2.36. The summed E-state index contributed by atoms with van der Waals surface area (Å²) in [6, 6.07) is 4.96. The summed E-state index contributed by atoms with van der Waals surface area (Å²) in [4.78, 5) is 18.1. The monoisotopic (exact) mass is 244 g/mol. The highest BCUT2D eigenvalue weighted by molar-refractivity contribution is 5.87. The van der Waals surface area contributed by atoms with E-state index in [1.54, 1.807) is 25.1 Å². The maximum Gasteiger partial charge on any atom is 0.356 e. The van der Waals surface area contributed by atoms with Crippen LogP contribution in [0, 0.1) is 11.8 Å². The minimum atomic E-state index is -0.463. The third kappa shape index (κ3) is 4.56. The summed E-state index contributed by atoms with van der Waals surface area (Å²) in [5, 5.41) is 3.36. The minimum Gasteiger partial charge on any atom is -0.461 e. The van der Waals surface area contributed by atoms with Gasteiger partial charge in [0.25, 0.3) is 0 Å². The molecule has 0 atom stereocenters. The van der Waals surface area contributed by atoms with Crippen LogP contribution in [0.15, 0.2) is 23.3 Å². The highest BCUT2D eigenvalue weighted by Gasteiger charge is 2.07. The molecule has 0 aromatic carbocycles. The van der Waals surface area contributed by atoms with Gasteiger partial charge < -0.3 is 4.74 Å². The number of ether oxygens (including phenoxy) is 1. The van der Waals surface area contributed by atoms with Gasteiger partial charge >= 0.3 is 5.97 Å². The first-order chi connectivity index (χ1) is 8.77. The summed E-state index contributed by atoms with van der Waals surface area (Å²) in [5.74, 6) is 5.13. The number of hydrogen-bond donors (Lipinski definition) is 0. The number of carbonyl (C=O) groups excluding carboxylic acids is 1. The van der Waals surface area contributed by atoms with Crippen LogP contribution in [0.25, 0.3) is 10.4 Å². The first-order valence-electron chi connectivity index (χ1n) is 5.42. The molecule has 1 heterocycles. The van der Waals surface area contributed by atoms with Crippen molar-refractivity contribution < 1.29 is 9.53 Å². The van der Waals surface area contributed by atoms with Gasteiger partial charge in [0.1, 0.15) is 11.4 Å². The van der Waals surface area contributed by atoms with E-state index >= 15 is 0 Å². The Kier molecular flexibility index (Phi) is 5.81. The summed E-state index contributed by atoms with van der Waals surface area (Å²) in [7, 11) is 0. The Balaban J connectivity index is 2.69. The molecule has 0 aliphatic carbocycles. The van der Waals surface area contributed by atoms with Crippen LogP contribution >= 0.6 is 0 Å². The lowest BCUT2D eigenvalue weighted by atomic mass is 10.3. The number of pyridine rings is 1. The van der Waals surface area contributed by atoms with Crippen LogP contribution in [0.3, 0.4) is 0 Å². The van der Waals surface area contributed by atoms with Crippen molar-refractivity contribution in [2.75, 3.05) is 13.2 Å². The van der Waals surface area contributed by atoms with Gasteiger partial charge in [-0.1, -0.05) is 17.1 Å². The SMILES string of the molecule is CCOC(=O)c1cccc(C#CCCN=[N+]=[N-])n1. The number of nitrogens with zero attached hydrogens (tertiary/aromatic N) is 4. The molecule has 6 nitrogen and oxygen atoms in total. The first kappa shape index (κ1) is 13.6. The molecule has 0 amide bonds. The van der Waals surface area contributed by atoms with Gasteiger partial charge in [0.2, 0.25) is 0 Å². The van der Waals surface area contributed by atoms with Gasteiger partial charge in [0, 0.05) is 17.9 Å². The Labute approximate surface area is 105 Å². The predicted octanol–water partition coefficient (Wildman–Crippen LogP) is 2.31. The third-order valence-electron chi connectivity index (χ3n) is 1.85. The molecular formula is C12H12N4O2. The van der Waals surface area contributed by atoms with E-state index in [0.29, 0.717) is 25.3 Å². The molecule has 92 valence electrons. The summed E-state index contributed by atoms with van der Waals surface area (Å²) in [5.41, 5.74) is 8.80. The maximum absolute atomic E-state index is 11.4. The minimum absolute atomic E-state index is 0.235. The van der Waals surface area contributed by atoms with Gasteiger partial charge in [-0.2, -0.15) is 0 Å². The van der Waals surface area contributed by atoms with Gasteiger partial charge in [0.05, 0.1) is 6.61 Å². The normalized spacial score (nSPS) is 8.72. The Bertz CT molecular complexity index is 524. The fourth-order valence-electron chi connectivity index (χ4n) is 1.13. The molecule has 6 heteroatoms. The van der Waals surface area contributed by atoms with Crippen LogP contribution in [-0.2, 0) is 4.74 Å². The predicted molar refractivity (Wildman–Crippen MR) is 65.7 cm³/mol. The lowest BCUT2D eigenvalue weighted by Gasteiger charge is -2.00. The zero-order chi connectivity index (χ0) is 13.2. The molecular weight excluding hydrogens is 232 g/mol. The molecule has 0 aliphatic rings. The highest BCUT2D eigenvalue weighted by atomic mass is 16.5. The molecule has 1 aromatic heterocycles. The van der Waals surface area contributed by atoms with Gasteiger partial charge in [-0.3, -0.25) is 0 Å². The third-order valence-corrected chi connectivity index (χ3v) is 1.85. The quantitative estimate of drug-likeness (QED) is 0.203. The fourth-order valence-corrected chi connectivity index (χ4v) is 1.13. The van der Waals surface area contributed by atoms with Crippen molar-refractivity contribution in [2.45, 2.75) is 13.3 Å². The Morgan fingerprint density at radius 2 is 2.44 bits per heavy atom. The molecule has 0 fully saturated rings. The standard InChI is InChI=1S/C12H12N4O2/c1-2-18-12(17)11-8-5-7-10(15-11)6-3-4-9-14-16-13/h5,7-8H,2,4,9H2,1H3. The van der Waals surface area contributed by atoms with Crippen LogP contribution in [0.5, 0.6) is 0 Å². The van der Waals surface area contributed by atoms with Crippen LogP contribution in [0.1, 0.15) is 29.5 Å². The average molecular weight is 244 g/mol. The van der Waals surface area contributed by atoms with E-state index in [1.807, 2.05) is 0 Å². The van der Waals surface area contributed by atoms with E-state index in [9.17, 15) is 4.79 Å².